The van der Waals surface area contributed by atoms with E-state index >= 15 is 0 Å². The number of hydrogen-bond donors (Lipinski definition) is 1. The molecular formula is C19H18F3N5O3S. The van der Waals surface area contributed by atoms with Gasteiger partial charge in [0.25, 0.3) is 5.91 Å². The highest BCUT2D eigenvalue weighted by Gasteiger charge is 2.57. The molecular weight excluding hydrogens is 435 g/mol. The fourth-order valence-corrected chi connectivity index (χ4v) is 5.04. The van der Waals surface area contributed by atoms with Gasteiger partial charge in [0.05, 0.1) is 30.4 Å². The molecule has 2 amide bonds. The van der Waals surface area contributed by atoms with E-state index in [-0.39, 0.29) is 29.3 Å². The molecule has 1 aliphatic carbocycles. The predicted octanol–water partition coefficient (Wildman–Crippen LogP) is 1.72. The lowest BCUT2D eigenvalue weighted by Gasteiger charge is -2.40. The third-order valence-corrected chi connectivity index (χ3v) is 6.56. The first-order chi connectivity index (χ1) is 14.7. The van der Waals surface area contributed by atoms with Crippen LogP contribution in [0.2, 0.25) is 0 Å². The van der Waals surface area contributed by atoms with E-state index in [4.69, 9.17) is 4.74 Å². The van der Waals surface area contributed by atoms with Crippen molar-refractivity contribution in [1.29, 1.82) is 0 Å². The van der Waals surface area contributed by atoms with Gasteiger partial charge in [0, 0.05) is 31.6 Å². The van der Waals surface area contributed by atoms with Crippen molar-refractivity contribution >= 4 is 29.4 Å². The first-order valence-electron chi connectivity index (χ1n) is 9.73. The van der Waals surface area contributed by atoms with Crippen molar-refractivity contribution in [1.82, 2.24) is 19.0 Å². The Hall–Kier alpha value is -2.89. The van der Waals surface area contributed by atoms with Gasteiger partial charge in [-0.2, -0.15) is 8.75 Å². The number of fused-ring (bicyclic) bond motifs is 1. The number of rotatable bonds is 5. The van der Waals surface area contributed by atoms with Crippen molar-refractivity contribution in [2.45, 2.75) is 37.5 Å². The van der Waals surface area contributed by atoms with Crippen molar-refractivity contribution < 1.29 is 27.5 Å². The van der Waals surface area contributed by atoms with Crippen LogP contribution in [0.1, 0.15) is 30.3 Å². The van der Waals surface area contributed by atoms with Crippen molar-refractivity contribution in [3.8, 4) is 5.75 Å². The van der Waals surface area contributed by atoms with Gasteiger partial charge >= 0.3 is 0 Å². The summed E-state index contributed by atoms with van der Waals surface area (Å²) in [6.45, 7) is 2.68. The number of nitrogens with zero attached hydrogens (tertiary/aromatic N) is 4. The molecule has 12 heteroatoms. The van der Waals surface area contributed by atoms with E-state index in [1.807, 2.05) is 0 Å². The average molecular weight is 453 g/mol. The first kappa shape index (κ1) is 20.0. The van der Waals surface area contributed by atoms with Crippen LogP contribution in [0.25, 0.3) is 0 Å². The fourth-order valence-electron chi connectivity index (χ4n) is 4.47. The van der Waals surface area contributed by atoms with Crippen molar-refractivity contribution in [3.63, 3.8) is 0 Å². The van der Waals surface area contributed by atoms with Gasteiger partial charge in [0.1, 0.15) is 11.9 Å². The van der Waals surface area contributed by atoms with Crippen molar-refractivity contribution in [3.05, 3.63) is 35.3 Å². The lowest BCUT2D eigenvalue weighted by atomic mass is 9.78. The Morgan fingerprint density at radius 2 is 1.87 bits per heavy atom. The molecule has 2 aromatic rings. The van der Waals surface area contributed by atoms with Gasteiger partial charge in [-0.3, -0.25) is 9.59 Å². The van der Waals surface area contributed by atoms with E-state index < -0.39 is 29.1 Å². The molecule has 0 spiro atoms. The molecule has 0 unspecified atom stereocenters. The number of halogens is 3. The molecule has 8 nitrogen and oxygen atoms in total. The summed E-state index contributed by atoms with van der Waals surface area (Å²) in [4.78, 5) is 28.0. The van der Waals surface area contributed by atoms with E-state index in [1.165, 1.54) is 6.92 Å². The third kappa shape index (κ3) is 3.38. The molecule has 3 aliphatic heterocycles. The maximum Gasteiger partial charge on any atom is 0.275 e. The minimum absolute atomic E-state index is 0.00201. The Kier molecular flexibility index (Phi) is 4.57. The number of ether oxygens (including phenoxy) is 1. The SMILES string of the molecule is CC(=O)N1CC2(NC(=O)c3nsnc3N3CC(Oc4cc(F)c(F)c(F)c4)C3)CC1C2. The minimum atomic E-state index is -1.54. The van der Waals surface area contributed by atoms with Crippen LogP contribution in [0.5, 0.6) is 5.75 Å². The fraction of sp³-hybridized carbons (Fsp3) is 0.474. The van der Waals surface area contributed by atoms with E-state index in [1.54, 1.807) is 9.80 Å². The number of anilines is 1. The van der Waals surface area contributed by atoms with Gasteiger partial charge in [0.2, 0.25) is 5.91 Å². The summed E-state index contributed by atoms with van der Waals surface area (Å²) in [5.74, 6) is -4.22. The predicted molar refractivity (Wildman–Crippen MR) is 103 cm³/mol. The van der Waals surface area contributed by atoms with Crippen LogP contribution < -0.4 is 15.0 Å². The van der Waals surface area contributed by atoms with E-state index in [0.29, 0.717) is 25.5 Å². The second kappa shape index (κ2) is 7.08. The summed E-state index contributed by atoms with van der Waals surface area (Å²) >= 11 is 0.909. The van der Waals surface area contributed by atoms with Gasteiger partial charge in [-0.15, -0.1) is 0 Å². The normalized spacial score (nSPS) is 24.6. The first-order valence-corrected chi connectivity index (χ1v) is 10.5. The quantitative estimate of drug-likeness (QED) is 0.694. The van der Waals surface area contributed by atoms with E-state index in [9.17, 15) is 22.8 Å². The molecule has 0 radical (unpaired) electrons. The Balaban J connectivity index is 1.20. The maximum atomic E-state index is 13.3. The van der Waals surface area contributed by atoms with Gasteiger partial charge in [0.15, 0.2) is 29.0 Å². The molecule has 1 aromatic heterocycles. The molecule has 164 valence electrons. The van der Waals surface area contributed by atoms with Crippen LogP contribution in [-0.4, -0.2) is 62.8 Å². The van der Waals surface area contributed by atoms with Gasteiger partial charge in [-0.1, -0.05) is 0 Å². The maximum absolute atomic E-state index is 13.3. The molecule has 4 aliphatic rings. The number of hydrogen-bond acceptors (Lipinski definition) is 7. The second-order valence-electron chi connectivity index (χ2n) is 8.23. The minimum Gasteiger partial charge on any atom is -0.487 e. The number of carbonyl (C=O) groups is 2. The lowest BCUT2D eigenvalue weighted by Crippen LogP contribution is -2.56. The topological polar surface area (TPSA) is 87.7 Å². The lowest BCUT2D eigenvalue weighted by molar-refractivity contribution is -0.128. The summed E-state index contributed by atoms with van der Waals surface area (Å²) in [6, 6.07) is 1.77. The third-order valence-electron chi connectivity index (χ3n) is 6.04. The van der Waals surface area contributed by atoms with E-state index in [2.05, 4.69) is 14.1 Å². The molecule has 4 heterocycles. The Morgan fingerprint density at radius 3 is 2.48 bits per heavy atom. The second-order valence-corrected chi connectivity index (χ2v) is 8.75. The number of benzene rings is 1. The number of aromatic nitrogens is 2. The molecule has 1 N–H and O–H groups in total. The monoisotopic (exact) mass is 453 g/mol. The summed E-state index contributed by atoms with van der Waals surface area (Å²) in [7, 11) is 0. The van der Waals surface area contributed by atoms with Crippen molar-refractivity contribution in [2.24, 2.45) is 0 Å². The van der Waals surface area contributed by atoms with Crippen LogP contribution in [0.3, 0.4) is 0 Å². The zero-order chi connectivity index (χ0) is 21.9. The van der Waals surface area contributed by atoms with Crippen molar-refractivity contribution in [2.75, 3.05) is 24.5 Å². The summed E-state index contributed by atoms with van der Waals surface area (Å²) in [5.41, 5.74) is -0.215. The summed E-state index contributed by atoms with van der Waals surface area (Å²) in [5, 5.41) is 3.02. The van der Waals surface area contributed by atoms with Crippen LogP contribution >= 0.6 is 11.7 Å². The van der Waals surface area contributed by atoms with Gasteiger partial charge in [-0.25, -0.2) is 13.2 Å². The van der Waals surface area contributed by atoms with Crippen LogP contribution in [0, 0.1) is 17.5 Å². The summed E-state index contributed by atoms with van der Waals surface area (Å²) in [6.07, 6.45) is 1.07. The smallest absolute Gasteiger partial charge is 0.275 e. The highest BCUT2D eigenvalue weighted by Crippen LogP contribution is 2.44. The van der Waals surface area contributed by atoms with Crippen LogP contribution in [-0.2, 0) is 4.79 Å². The van der Waals surface area contributed by atoms with Gasteiger partial charge in [-0.05, 0) is 12.8 Å². The van der Waals surface area contributed by atoms with E-state index in [0.717, 1.165) is 36.7 Å². The number of carbonyl (C=O) groups excluding carboxylic acids is 2. The largest absolute Gasteiger partial charge is 0.487 e. The Morgan fingerprint density at radius 1 is 1.19 bits per heavy atom. The Labute approximate surface area is 179 Å². The average Bonchev–Trinajstić information content (AvgIpc) is 3.35. The molecule has 3 saturated heterocycles. The molecule has 1 saturated carbocycles. The molecule has 6 rings (SSSR count). The highest BCUT2D eigenvalue weighted by atomic mass is 32.1. The number of nitrogens with one attached hydrogen (secondary N) is 1. The number of amides is 2. The zero-order valence-electron chi connectivity index (χ0n) is 16.4. The van der Waals surface area contributed by atoms with Crippen LogP contribution in [0.15, 0.2) is 12.1 Å². The van der Waals surface area contributed by atoms with Gasteiger partial charge < -0.3 is 19.9 Å². The Bertz CT molecular complexity index is 1040. The molecule has 2 bridgehead atoms. The molecule has 4 fully saturated rings. The molecule has 1 aromatic carbocycles. The zero-order valence-corrected chi connectivity index (χ0v) is 17.2. The standard InChI is InChI=1S/C19H18F3N5O3S/c1-9(28)27-8-19(4-10(27)5-19)23-18(29)16-17(25-31-24-16)26-6-12(7-26)30-11-2-13(20)15(22)14(21)3-11/h2-3,10,12H,4-8H2,1H3,(H,23,29). The highest BCUT2D eigenvalue weighted by molar-refractivity contribution is 6.99. The molecule has 31 heavy (non-hydrogen) atoms. The molecule has 0 atom stereocenters. The summed E-state index contributed by atoms with van der Waals surface area (Å²) < 4.78 is 53.5. The van der Waals surface area contributed by atoms with Crippen LogP contribution in [0.4, 0.5) is 19.0 Å².